The minimum Gasteiger partial charge on any atom is -0.478 e. The van der Waals surface area contributed by atoms with E-state index in [2.05, 4.69) is 124 Å². The summed E-state index contributed by atoms with van der Waals surface area (Å²) >= 11 is 0. The van der Waals surface area contributed by atoms with Gasteiger partial charge in [-0.3, -0.25) is 0 Å². The summed E-state index contributed by atoms with van der Waals surface area (Å²) in [7, 11) is 0. The number of hydrogen-bond acceptors (Lipinski definition) is 7. The van der Waals surface area contributed by atoms with Crippen LogP contribution in [0, 0.1) is 6.92 Å². The van der Waals surface area contributed by atoms with Crippen molar-refractivity contribution in [3.05, 3.63) is 214 Å². The standard InChI is InChI=1S/C48H40N6O3/c1-3-44-43(31-35-16-15-17-37(30-35)47(55)56)46(50-33(2)49-44)57-32-34-26-28-36(29-27-34)41-24-13-14-25-42(41)45-51-52-53-54(45)48(38-18-7-4-8-19-38,39-20-9-5-10-21-39)40-22-11-6-12-23-40/h4-30H,3,31-32H2,1-2H3,(H,55,56). The molecule has 9 heteroatoms. The molecule has 0 spiro atoms. The van der Waals surface area contributed by atoms with Gasteiger partial charge in [-0.05, 0) is 74.8 Å². The van der Waals surface area contributed by atoms with Gasteiger partial charge in [-0.2, -0.15) is 4.98 Å². The zero-order valence-electron chi connectivity index (χ0n) is 31.7. The van der Waals surface area contributed by atoms with Gasteiger partial charge >= 0.3 is 5.97 Å². The molecule has 6 aromatic carbocycles. The van der Waals surface area contributed by atoms with E-state index in [1.807, 2.05) is 54.9 Å². The molecule has 280 valence electrons. The lowest BCUT2D eigenvalue weighted by molar-refractivity contribution is 0.0696. The van der Waals surface area contributed by atoms with Gasteiger partial charge in [0, 0.05) is 17.5 Å². The van der Waals surface area contributed by atoms with Crippen LogP contribution in [0.1, 0.15) is 62.2 Å². The summed E-state index contributed by atoms with van der Waals surface area (Å²) in [6.07, 6.45) is 1.14. The monoisotopic (exact) mass is 748 g/mol. The molecule has 2 heterocycles. The van der Waals surface area contributed by atoms with Crippen molar-refractivity contribution < 1.29 is 14.6 Å². The van der Waals surface area contributed by atoms with Crippen LogP contribution in [-0.2, 0) is 25.0 Å². The van der Waals surface area contributed by atoms with Crippen molar-refractivity contribution >= 4 is 5.97 Å². The van der Waals surface area contributed by atoms with Crippen LogP contribution < -0.4 is 4.74 Å². The number of tetrazole rings is 1. The molecule has 8 aromatic rings. The fraction of sp³-hybridized carbons (Fsp3) is 0.125. The van der Waals surface area contributed by atoms with Crippen LogP contribution in [0.2, 0.25) is 0 Å². The summed E-state index contributed by atoms with van der Waals surface area (Å²) in [4.78, 5) is 21.0. The second kappa shape index (κ2) is 16.2. The molecule has 2 aromatic heterocycles. The molecule has 0 fully saturated rings. The van der Waals surface area contributed by atoms with Crippen LogP contribution in [0.3, 0.4) is 0 Å². The number of carbonyl (C=O) groups is 1. The van der Waals surface area contributed by atoms with Crippen molar-refractivity contribution in [2.45, 2.75) is 38.8 Å². The molecule has 0 aliphatic heterocycles. The summed E-state index contributed by atoms with van der Waals surface area (Å²) < 4.78 is 8.36. The lowest BCUT2D eigenvalue weighted by atomic mass is 9.77. The second-order valence-corrected chi connectivity index (χ2v) is 13.8. The van der Waals surface area contributed by atoms with Gasteiger partial charge in [0.25, 0.3) is 0 Å². The van der Waals surface area contributed by atoms with E-state index in [0.29, 0.717) is 30.4 Å². The average molecular weight is 749 g/mol. The van der Waals surface area contributed by atoms with Gasteiger partial charge in [-0.15, -0.1) is 5.10 Å². The molecule has 57 heavy (non-hydrogen) atoms. The number of aromatic nitrogens is 6. The van der Waals surface area contributed by atoms with Crippen LogP contribution in [0.4, 0.5) is 0 Å². The molecule has 0 saturated heterocycles. The van der Waals surface area contributed by atoms with Gasteiger partial charge in [-0.1, -0.05) is 159 Å². The smallest absolute Gasteiger partial charge is 0.335 e. The van der Waals surface area contributed by atoms with E-state index in [-0.39, 0.29) is 12.2 Å². The Morgan fingerprint density at radius 3 is 1.88 bits per heavy atom. The quantitative estimate of drug-likeness (QED) is 0.116. The van der Waals surface area contributed by atoms with Crippen LogP contribution in [0.15, 0.2) is 164 Å². The Morgan fingerprint density at radius 1 is 0.684 bits per heavy atom. The molecule has 0 amide bonds. The molecule has 0 saturated carbocycles. The van der Waals surface area contributed by atoms with Crippen molar-refractivity contribution in [3.63, 3.8) is 0 Å². The van der Waals surface area contributed by atoms with Crippen LogP contribution in [-0.4, -0.2) is 41.3 Å². The van der Waals surface area contributed by atoms with E-state index in [1.165, 1.54) is 0 Å². The van der Waals surface area contributed by atoms with Gasteiger partial charge in [0.2, 0.25) is 5.88 Å². The molecular formula is C48H40N6O3. The molecule has 0 bridgehead atoms. The third-order valence-corrected chi connectivity index (χ3v) is 10.2. The normalized spacial score (nSPS) is 11.3. The van der Waals surface area contributed by atoms with E-state index < -0.39 is 11.5 Å². The first-order valence-corrected chi connectivity index (χ1v) is 18.9. The van der Waals surface area contributed by atoms with Crippen LogP contribution in [0.25, 0.3) is 22.5 Å². The van der Waals surface area contributed by atoms with Crippen molar-refractivity contribution in [1.29, 1.82) is 0 Å². The SMILES string of the molecule is CCc1nc(C)nc(OCc2ccc(-c3ccccc3-c3nnnn3C(c3ccccc3)(c3ccccc3)c3ccccc3)cc2)c1Cc1cccc(C(=O)O)c1. The number of carboxylic acids is 1. The van der Waals surface area contributed by atoms with E-state index in [4.69, 9.17) is 15.0 Å². The van der Waals surface area contributed by atoms with Gasteiger partial charge in [-0.25, -0.2) is 14.5 Å². The lowest BCUT2D eigenvalue weighted by Gasteiger charge is -2.36. The first-order valence-electron chi connectivity index (χ1n) is 18.9. The fourth-order valence-corrected chi connectivity index (χ4v) is 7.58. The number of rotatable bonds is 13. The Labute approximate surface area is 331 Å². The van der Waals surface area contributed by atoms with Gasteiger partial charge < -0.3 is 9.84 Å². The summed E-state index contributed by atoms with van der Waals surface area (Å²) in [5.74, 6) is 0.783. The van der Waals surface area contributed by atoms with Crippen molar-refractivity contribution in [1.82, 2.24) is 30.2 Å². The van der Waals surface area contributed by atoms with E-state index in [9.17, 15) is 9.90 Å². The molecule has 0 atom stereocenters. The Balaban J connectivity index is 1.14. The van der Waals surface area contributed by atoms with E-state index >= 15 is 0 Å². The number of benzene rings is 6. The first kappa shape index (κ1) is 36.7. The Hall–Kier alpha value is -7.26. The summed E-state index contributed by atoms with van der Waals surface area (Å²) in [5.41, 5.74) is 8.85. The van der Waals surface area contributed by atoms with Gasteiger partial charge in [0.15, 0.2) is 5.82 Å². The molecule has 0 unspecified atom stereocenters. The minimum atomic E-state index is -0.964. The maximum Gasteiger partial charge on any atom is 0.335 e. The molecule has 0 aliphatic carbocycles. The molecular weight excluding hydrogens is 709 g/mol. The third-order valence-electron chi connectivity index (χ3n) is 10.2. The second-order valence-electron chi connectivity index (χ2n) is 13.8. The van der Waals surface area contributed by atoms with Crippen LogP contribution in [0.5, 0.6) is 5.88 Å². The number of aromatic carboxylic acids is 1. The highest BCUT2D eigenvalue weighted by atomic mass is 16.5. The number of ether oxygens (including phenoxy) is 1. The Kier molecular flexibility index (Phi) is 10.4. The number of nitrogens with zero attached hydrogens (tertiary/aromatic N) is 6. The zero-order valence-corrected chi connectivity index (χ0v) is 31.7. The topological polar surface area (TPSA) is 116 Å². The summed E-state index contributed by atoms with van der Waals surface area (Å²) in [6, 6.07) is 54.6. The van der Waals surface area contributed by atoms with Crippen molar-refractivity contribution in [2.75, 3.05) is 0 Å². The highest BCUT2D eigenvalue weighted by molar-refractivity contribution is 5.87. The molecule has 1 N–H and O–H groups in total. The third kappa shape index (κ3) is 7.30. The maximum absolute atomic E-state index is 11.6. The highest BCUT2D eigenvalue weighted by Crippen LogP contribution is 2.43. The van der Waals surface area contributed by atoms with Crippen molar-refractivity contribution in [3.8, 4) is 28.4 Å². The minimum absolute atomic E-state index is 0.238. The molecule has 0 aliphatic rings. The Morgan fingerprint density at radius 2 is 1.28 bits per heavy atom. The lowest BCUT2D eigenvalue weighted by Crippen LogP contribution is -2.39. The predicted molar refractivity (Wildman–Crippen MR) is 220 cm³/mol. The molecule has 9 nitrogen and oxygen atoms in total. The van der Waals surface area contributed by atoms with E-state index in [1.54, 1.807) is 18.2 Å². The fourth-order valence-electron chi connectivity index (χ4n) is 7.58. The highest BCUT2D eigenvalue weighted by Gasteiger charge is 2.42. The number of carboxylic acid groups (broad SMARTS) is 1. The number of aryl methyl sites for hydroxylation is 2. The first-order chi connectivity index (χ1) is 27.9. The largest absolute Gasteiger partial charge is 0.478 e. The van der Waals surface area contributed by atoms with Gasteiger partial charge in [0.1, 0.15) is 18.0 Å². The van der Waals surface area contributed by atoms with Crippen molar-refractivity contribution in [2.24, 2.45) is 0 Å². The zero-order chi connectivity index (χ0) is 39.2. The molecule has 0 radical (unpaired) electrons. The Bertz CT molecular complexity index is 2530. The average Bonchev–Trinajstić information content (AvgIpc) is 3.75. The number of hydrogen-bond donors (Lipinski definition) is 1. The molecule has 8 rings (SSSR count). The van der Waals surface area contributed by atoms with Gasteiger partial charge in [0.05, 0.1) is 11.3 Å². The van der Waals surface area contributed by atoms with E-state index in [0.717, 1.165) is 55.8 Å². The summed E-state index contributed by atoms with van der Waals surface area (Å²) in [5, 5.41) is 23.3. The van der Waals surface area contributed by atoms with Crippen LogP contribution >= 0.6 is 0 Å². The maximum atomic E-state index is 11.6. The predicted octanol–water partition coefficient (Wildman–Crippen LogP) is 9.38. The summed E-state index contributed by atoms with van der Waals surface area (Å²) in [6.45, 7) is 4.19.